The van der Waals surface area contributed by atoms with E-state index in [-0.39, 0.29) is 53.9 Å². The summed E-state index contributed by atoms with van der Waals surface area (Å²) < 4.78 is 0. The molecule has 1 saturated heterocycles. The summed E-state index contributed by atoms with van der Waals surface area (Å²) in [7, 11) is 0. The van der Waals surface area contributed by atoms with Crippen LogP contribution >= 0.6 is 11.3 Å². The van der Waals surface area contributed by atoms with E-state index in [4.69, 9.17) is 4.98 Å². The Bertz CT molecular complexity index is 1100. The van der Waals surface area contributed by atoms with Crippen LogP contribution in [0.15, 0.2) is 0 Å². The van der Waals surface area contributed by atoms with Crippen LogP contribution in [-0.2, 0) is 20.8 Å². The number of amides is 3. The smallest absolute Gasteiger partial charge is 0.229 e. The lowest BCUT2D eigenvalue weighted by Gasteiger charge is -2.58. The first-order chi connectivity index (χ1) is 18.6. The zero-order valence-corrected chi connectivity index (χ0v) is 24.4. The molecule has 1 aromatic rings. The van der Waals surface area contributed by atoms with Crippen molar-refractivity contribution < 1.29 is 24.6 Å². The maximum absolute atomic E-state index is 13.7. The van der Waals surface area contributed by atoms with Gasteiger partial charge in [-0.3, -0.25) is 14.4 Å². The van der Waals surface area contributed by atoms with Crippen LogP contribution in [-0.4, -0.2) is 81.6 Å². The molecule has 3 aliphatic carbocycles. The van der Waals surface area contributed by atoms with Crippen LogP contribution in [0.4, 0.5) is 5.13 Å². The van der Waals surface area contributed by atoms with E-state index >= 15 is 0 Å². The second kappa shape index (κ2) is 11.1. The molecular weight excluding hydrogens is 516 g/mol. The quantitative estimate of drug-likeness (QED) is 0.509. The van der Waals surface area contributed by atoms with E-state index in [2.05, 4.69) is 12.2 Å². The van der Waals surface area contributed by atoms with Gasteiger partial charge in [-0.25, -0.2) is 4.98 Å². The summed E-state index contributed by atoms with van der Waals surface area (Å²) in [6, 6.07) is 0. The molecule has 3 amide bonds. The van der Waals surface area contributed by atoms with Crippen LogP contribution in [0.5, 0.6) is 0 Å². The number of carbonyl (C=O) groups is 3. The van der Waals surface area contributed by atoms with E-state index in [1.807, 2.05) is 11.8 Å². The fourth-order valence-corrected chi connectivity index (χ4v) is 8.92. The van der Waals surface area contributed by atoms with Crippen molar-refractivity contribution in [3.63, 3.8) is 0 Å². The van der Waals surface area contributed by atoms with Crippen LogP contribution in [0.3, 0.4) is 0 Å². The molecule has 0 aromatic carbocycles. The Kier molecular flexibility index (Phi) is 8.10. The fourth-order valence-electron chi connectivity index (χ4n) is 7.85. The van der Waals surface area contributed by atoms with Crippen molar-refractivity contribution in [3.8, 4) is 0 Å². The minimum absolute atomic E-state index is 0.0265. The van der Waals surface area contributed by atoms with Crippen LogP contribution in [0, 0.1) is 22.7 Å². The molecule has 216 valence electrons. The number of nitrogens with zero attached hydrogens (tertiary/aromatic N) is 3. The van der Waals surface area contributed by atoms with Gasteiger partial charge in [-0.1, -0.05) is 33.1 Å². The van der Waals surface area contributed by atoms with Crippen LogP contribution in [0.2, 0.25) is 0 Å². The molecule has 0 radical (unpaired) electrons. The lowest BCUT2D eigenvalue weighted by molar-refractivity contribution is -0.149. The van der Waals surface area contributed by atoms with Gasteiger partial charge < -0.3 is 25.3 Å². The van der Waals surface area contributed by atoms with E-state index in [1.54, 1.807) is 11.8 Å². The van der Waals surface area contributed by atoms with Crippen molar-refractivity contribution in [1.82, 2.24) is 14.8 Å². The summed E-state index contributed by atoms with van der Waals surface area (Å²) in [6.45, 7) is 7.73. The summed E-state index contributed by atoms with van der Waals surface area (Å²) in [5.41, 5.74) is -0.126. The largest absolute Gasteiger partial charge is 0.396 e. The van der Waals surface area contributed by atoms with Crippen molar-refractivity contribution in [3.05, 3.63) is 10.6 Å². The molecule has 1 aromatic heterocycles. The number of nitrogens with one attached hydrogen (secondary N) is 1. The maximum atomic E-state index is 13.7. The molecule has 1 aliphatic heterocycles. The summed E-state index contributed by atoms with van der Waals surface area (Å²) >= 11 is 1.49. The average molecular weight is 561 g/mol. The molecule has 4 aliphatic rings. The van der Waals surface area contributed by atoms with Crippen LogP contribution in [0.1, 0.15) is 88.6 Å². The number of anilines is 1. The molecule has 5 atom stereocenters. The molecule has 5 unspecified atom stereocenters. The monoisotopic (exact) mass is 560 g/mol. The fraction of sp³-hybridized carbons (Fsp3) is 0.793. The first kappa shape index (κ1) is 28.5. The van der Waals surface area contributed by atoms with Gasteiger partial charge in [-0.05, 0) is 43.4 Å². The molecule has 10 heteroatoms. The van der Waals surface area contributed by atoms with Gasteiger partial charge >= 0.3 is 0 Å². The molecule has 3 N–H and O–H groups in total. The average Bonchev–Trinajstić information content (AvgIpc) is 3.34. The van der Waals surface area contributed by atoms with E-state index in [0.717, 1.165) is 42.7 Å². The standard InChI is InChI=1S/C29H44N4O5S/c1-18(35)32-11-13-33(14-12-32)24(37)15-20-25-21(16-22-28(20,2)10-9-23(36)29(22,3)17-34)39-27(30-25)31-26(38)19-7-5-4-6-8-19/h19-20,22-23,34,36H,4-17H2,1-3H3,(H,30,31,38). The highest BCUT2D eigenvalue weighted by Crippen LogP contribution is 2.63. The summed E-state index contributed by atoms with van der Waals surface area (Å²) in [5.74, 6) is -0.0625. The van der Waals surface area contributed by atoms with E-state index < -0.39 is 11.5 Å². The third kappa shape index (κ3) is 5.24. The lowest BCUT2D eigenvalue weighted by Crippen LogP contribution is -2.58. The van der Waals surface area contributed by atoms with Crippen molar-refractivity contribution in [1.29, 1.82) is 0 Å². The van der Waals surface area contributed by atoms with E-state index in [9.17, 15) is 24.6 Å². The number of aliphatic hydroxyl groups excluding tert-OH is 2. The number of piperazine rings is 1. The second-order valence-corrected chi connectivity index (χ2v) is 13.9. The first-order valence-corrected chi connectivity index (χ1v) is 15.5. The Morgan fingerprint density at radius 1 is 1.05 bits per heavy atom. The lowest BCUT2D eigenvalue weighted by atomic mass is 9.47. The highest BCUT2D eigenvalue weighted by molar-refractivity contribution is 7.15. The van der Waals surface area contributed by atoms with Gasteiger partial charge in [0.05, 0.1) is 18.4 Å². The molecule has 0 spiro atoms. The van der Waals surface area contributed by atoms with Crippen LogP contribution < -0.4 is 5.32 Å². The Morgan fingerprint density at radius 3 is 2.36 bits per heavy atom. The normalized spacial score (nSPS) is 33.3. The summed E-state index contributed by atoms with van der Waals surface area (Å²) in [4.78, 5) is 48.1. The SMILES string of the molecule is CC(=O)N1CCN(C(=O)CC2c3nc(NC(=O)C4CCCCC4)sc3CC3C(C)(CO)C(O)CCC23C)CC1. The number of carbonyl (C=O) groups excluding carboxylic acids is 3. The highest BCUT2D eigenvalue weighted by atomic mass is 32.1. The molecule has 5 rings (SSSR count). The third-order valence-electron chi connectivity index (χ3n) is 10.6. The van der Waals surface area contributed by atoms with Gasteiger partial charge in [-0.2, -0.15) is 0 Å². The molecule has 0 bridgehead atoms. The zero-order chi connectivity index (χ0) is 27.9. The Hall–Kier alpha value is -2.04. The third-order valence-corrected chi connectivity index (χ3v) is 11.6. The van der Waals surface area contributed by atoms with Gasteiger partial charge in [0.2, 0.25) is 17.7 Å². The second-order valence-electron chi connectivity index (χ2n) is 12.8. The van der Waals surface area contributed by atoms with Gasteiger partial charge in [-0.15, -0.1) is 11.3 Å². The van der Waals surface area contributed by atoms with E-state index in [1.165, 1.54) is 17.8 Å². The number of aromatic nitrogens is 1. The summed E-state index contributed by atoms with van der Waals surface area (Å²) in [6.07, 6.45) is 6.83. The number of hydrogen-bond donors (Lipinski definition) is 3. The maximum Gasteiger partial charge on any atom is 0.229 e. The minimum atomic E-state index is -0.686. The first-order valence-electron chi connectivity index (χ1n) is 14.7. The van der Waals surface area contributed by atoms with Crippen molar-refractivity contribution in [2.75, 3.05) is 38.1 Å². The topological polar surface area (TPSA) is 123 Å². The van der Waals surface area contributed by atoms with Gasteiger partial charge in [0.25, 0.3) is 0 Å². The molecule has 3 fully saturated rings. The zero-order valence-electron chi connectivity index (χ0n) is 23.6. The number of hydrogen-bond acceptors (Lipinski definition) is 7. The molecule has 2 heterocycles. The summed E-state index contributed by atoms with van der Waals surface area (Å²) in [5, 5.41) is 25.2. The predicted molar refractivity (Wildman–Crippen MR) is 149 cm³/mol. The van der Waals surface area contributed by atoms with Gasteiger partial charge in [0.1, 0.15) is 0 Å². The highest BCUT2D eigenvalue weighted by Gasteiger charge is 2.59. The van der Waals surface area contributed by atoms with Crippen molar-refractivity contribution in [2.45, 2.75) is 90.6 Å². The van der Waals surface area contributed by atoms with E-state index in [0.29, 0.717) is 44.2 Å². The molecule has 9 nitrogen and oxygen atoms in total. The van der Waals surface area contributed by atoms with Crippen molar-refractivity contribution >= 4 is 34.2 Å². The molecule has 39 heavy (non-hydrogen) atoms. The Balaban J connectivity index is 1.43. The number of fused-ring (bicyclic) bond motifs is 2. The molecule has 2 saturated carbocycles. The number of rotatable bonds is 5. The number of aliphatic hydroxyl groups is 2. The van der Waals surface area contributed by atoms with Gasteiger partial charge in [0.15, 0.2) is 5.13 Å². The Morgan fingerprint density at radius 2 is 1.72 bits per heavy atom. The minimum Gasteiger partial charge on any atom is -0.396 e. The van der Waals surface area contributed by atoms with Crippen molar-refractivity contribution in [2.24, 2.45) is 22.7 Å². The van der Waals surface area contributed by atoms with Crippen LogP contribution in [0.25, 0.3) is 0 Å². The molecular formula is C29H44N4O5S. The van der Waals surface area contributed by atoms with Gasteiger partial charge in [0, 0.05) is 61.7 Å². The number of thiazole rings is 1. The predicted octanol–water partition coefficient (Wildman–Crippen LogP) is 3.16. The Labute approximate surface area is 235 Å².